The van der Waals surface area contributed by atoms with E-state index in [1.54, 1.807) is 12.4 Å². The summed E-state index contributed by atoms with van der Waals surface area (Å²) >= 11 is 0. The fraction of sp³-hybridized carbons (Fsp3) is 0.300. The molecule has 7 heteroatoms. The second-order valence-electron chi connectivity index (χ2n) is 7.02. The molecule has 3 unspecified atom stereocenters. The van der Waals surface area contributed by atoms with Crippen molar-refractivity contribution in [3.05, 3.63) is 54.4 Å². The van der Waals surface area contributed by atoms with E-state index in [9.17, 15) is 4.79 Å². The Morgan fingerprint density at radius 3 is 2.78 bits per heavy atom. The van der Waals surface area contributed by atoms with Gasteiger partial charge in [0, 0.05) is 36.3 Å². The first-order valence-electron chi connectivity index (χ1n) is 8.99. The number of H-pyrrole nitrogens is 1. The summed E-state index contributed by atoms with van der Waals surface area (Å²) in [4.78, 5) is 13.8. The van der Waals surface area contributed by atoms with Crippen LogP contribution < -0.4 is 10.2 Å². The Kier molecular flexibility index (Phi) is 4.58. The third-order valence-electron chi connectivity index (χ3n) is 5.12. The highest BCUT2D eigenvalue weighted by atomic mass is 16.1. The largest absolute Gasteiger partial charge is 0.375 e. The van der Waals surface area contributed by atoms with E-state index in [0.717, 1.165) is 35.5 Å². The van der Waals surface area contributed by atoms with Crippen molar-refractivity contribution in [3.8, 4) is 11.3 Å². The van der Waals surface area contributed by atoms with Crippen LogP contribution in [0.5, 0.6) is 0 Å². The molecule has 3 aromatic rings. The highest BCUT2D eigenvalue weighted by Crippen LogP contribution is 2.40. The standard InChI is InChI=1S/C20H22N6O/c1-13-3-5-15(6-4-13)23-18(12-27)16-9-19(16)26(2)20-10-17(24-25-20)14-7-8-21-22-11-14/h3-8,10-12,16,18-19,23H,9H2,1-2H3,(H,24,25). The lowest BCUT2D eigenvalue weighted by Crippen LogP contribution is -2.30. The lowest BCUT2D eigenvalue weighted by Gasteiger charge is -2.19. The summed E-state index contributed by atoms with van der Waals surface area (Å²) < 4.78 is 0. The van der Waals surface area contributed by atoms with Crippen LogP contribution in [0.25, 0.3) is 11.3 Å². The molecule has 7 nitrogen and oxygen atoms in total. The Balaban J connectivity index is 1.42. The number of benzene rings is 1. The van der Waals surface area contributed by atoms with E-state index in [2.05, 4.69) is 30.6 Å². The summed E-state index contributed by atoms with van der Waals surface area (Å²) in [6.07, 6.45) is 5.32. The first kappa shape index (κ1) is 17.2. The fourth-order valence-corrected chi connectivity index (χ4v) is 3.38. The van der Waals surface area contributed by atoms with Crippen LogP contribution >= 0.6 is 0 Å². The van der Waals surface area contributed by atoms with E-state index in [4.69, 9.17) is 0 Å². The van der Waals surface area contributed by atoms with E-state index < -0.39 is 0 Å². The van der Waals surface area contributed by atoms with Crippen LogP contribution in [0.1, 0.15) is 12.0 Å². The SMILES string of the molecule is Cc1ccc(NC(C=O)C2CC2N(C)c2cc(-c3ccnnc3)[nH]n2)cc1. The van der Waals surface area contributed by atoms with Crippen molar-refractivity contribution in [1.82, 2.24) is 20.4 Å². The molecular formula is C20H22N6O. The first-order valence-corrected chi connectivity index (χ1v) is 8.99. The van der Waals surface area contributed by atoms with Crippen LogP contribution in [-0.4, -0.2) is 45.8 Å². The van der Waals surface area contributed by atoms with Gasteiger partial charge in [0.2, 0.25) is 0 Å². The second kappa shape index (κ2) is 7.19. The third-order valence-corrected chi connectivity index (χ3v) is 5.12. The highest BCUT2D eigenvalue weighted by molar-refractivity contribution is 5.67. The fourth-order valence-electron chi connectivity index (χ4n) is 3.38. The maximum Gasteiger partial charge on any atom is 0.150 e. The molecule has 138 valence electrons. The van der Waals surface area contributed by atoms with Gasteiger partial charge in [0.05, 0.1) is 24.1 Å². The molecule has 0 radical (unpaired) electrons. The Morgan fingerprint density at radius 1 is 1.26 bits per heavy atom. The Morgan fingerprint density at radius 2 is 2.07 bits per heavy atom. The Hall–Kier alpha value is -3.22. The van der Waals surface area contributed by atoms with Gasteiger partial charge in [-0.1, -0.05) is 17.7 Å². The van der Waals surface area contributed by atoms with Gasteiger partial charge in [-0.15, -0.1) is 0 Å². The molecular weight excluding hydrogens is 340 g/mol. The van der Waals surface area contributed by atoms with Gasteiger partial charge in [0.15, 0.2) is 5.82 Å². The van der Waals surface area contributed by atoms with Gasteiger partial charge >= 0.3 is 0 Å². The average Bonchev–Trinajstić information content (AvgIpc) is 3.34. The molecule has 0 saturated heterocycles. The number of hydrogen-bond donors (Lipinski definition) is 2. The molecule has 0 bridgehead atoms. The molecule has 0 aliphatic heterocycles. The second-order valence-corrected chi connectivity index (χ2v) is 7.02. The summed E-state index contributed by atoms with van der Waals surface area (Å²) in [5.74, 6) is 1.12. The highest BCUT2D eigenvalue weighted by Gasteiger charge is 2.46. The Labute approximate surface area is 157 Å². The van der Waals surface area contributed by atoms with Crippen LogP contribution in [0, 0.1) is 12.8 Å². The molecule has 2 aromatic heterocycles. The number of nitrogens with one attached hydrogen (secondary N) is 2. The number of hydrogen-bond acceptors (Lipinski definition) is 6. The van der Waals surface area contributed by atoms with E-state index in [-0.39, 0.29) is 18.0 Å². The van der Waals surface area contributed by atoms with Crippen LogP contribution in [-0.2, 0) is 4.79 Å². The van der Waals surface area contributed by atoms with E-state index in [0.29, 0.717) is 0 Å². The number of aromatic nitrogens is 4. The zero-order valence-corrected chi connectivity index (χ0v) is 15.3. The molecule has 1 saturated carbocycles. The summed E-state index contributed by atoms with van der Waals surface area (Å²) in [6.45, 7) is 2.05. The molecule has 1 aliphatic rings. The van der Waals surface area contributed by atoms with Gasteiger partial charge in [0.1, 0.15) is 6.29 Å². The minimum Gasteiger partial charge on any atom is -0.375 e. The smallest absolute Gasteiger partial charge is 0.150 e. The number of aromatic amines is 1. The summed E-state index contributed by atoms with van der Waals surface area (Å²) in [7, 11) is 2.02. The van der Waals surface area contributed by atoms with Crippen LogP contribution in [0.15, 0.2) is 48.8 Å². The lowest BCUT2D eigenvalue weighted by molar-refractivity contribution is -0.108. The number of aryl methyl sites for hydroxylation is 1. The van der Waals surface area contributed by atoms with Crippen molar-refractivity contribution in [2.75, 3.05) is 17.3 Å². The van der Waals surface area contributed by atoms with Gasteiger partial charge in [-0.05, 0) is 31.5 Å². The molecule has 1 aromatic carbocycles. The number of aldehydes is 1. The summed E-state index contributed by atoms with van der Waals surface area (Å²) in [6, 6.07) is 12.1. The predicted molar refractivity (Wildman–Crippen MR) is 105 cm³/mol. The number of anilines is 2. The van der Waals surface area contributed by atoms with Gasteiger partial charge in [-0.3, -0.25) is 5.10 Å². The Bertz CT molecular complexity index is 908. The molecule has 3 atom stereocenters. The van der Waals surface area contributed by atoms with Crippen LogP contribution in [0.2, 0.25) is 0 Å². The molecule has 1 fully saturated rings. The zero-order chi connectivity index (χ0) is 18.8. The van der Waals surface area contributed by atoms with Crippen molar-refractivity contribution in [3.63, 3.8) is 0 Å². The van der Waals surface area contributed by atoms with E-state index in [1.807, 2.05) is 50.4 Å². The van der Waals surface area contributed by atoms with E-state index in [1.165, 1.54) is 5.56 Å². The topological polar surface area (TPSA) is 86.8 Å². The lowest BCUT2D eigenvalue weighted by atomic mass is 10.1. The van der Waals surface area contributed by atoms with Crippen molar-refractivity contribution < 1.29 is 4.79 Å². The van der Waals surface area contributed by atoms with Crippen molar-refractivity contribution >= 4 is 17.8 Å². The number of carbonyl (C=O) groups excluding carboxylic acids is 1. The minimum absolute atomic E-state index is 0.206. The summed E-state index contributed by atoms with van der Waals surface area (Å²) in [5, 5.41) is 18.5. The maximum absolute atomic E-state index is 11.6. The van der Waals surface area contributed by atoms with Gasteiger partial charge < -0.3 is 15.0 Å². The molecule has 2 heterocycles. The van der Waals surface area contributed by atoms with Crippen LogP contribution in [0.3, 0.4) is 0 Å². The van der Waals surface area contributed by atoms with Gasteiger partial charge in [-0.2, -0.15) is 15.3 Å². The van der Waals surface area contributed by atoms with Crippen molar-refractivity contribution in [2.45, 2.75) is 25.4 Å². The molecule has 2 N–H and O–H groups in total. The van der Waals surface area contributed by atoms with Crippen LogP contribution in [0.4, 0.5) is 11.5 Å². The molecule has 27 heavy (non-hydrogen) atoms. The van der Waals surface area contributed by atoms with Gasteiger partial charge in [0.25, 0.3) is 0 Å². The number of carbonyl (C=O) groups is 1. The molecule has 0 amide bonds. The van der Waals surface area contributed by atoms with Crippen molar-refractivity contribution in [2.24, 2.45) is 5.92 Å². The number of nitrogens with zero attached hydrogens (tertiary/aromatic N) is 4. The first-order chi connectivity index (χ1) is 13.2. The normalized spacial score (nSPS) is 19.3. The molecule has 1 aliphatic carbocycles. The molecule has 0 spiro atoms. The average molecular weight is 362 g/mol. The predicted octanol–water partition coefficient (Wildman–Crippen LogP) is 2.68. The minimum atomic E-state index is -0.206. The van der Waals surface area contributed by atoms with E-state index >= 15 is 0 Å². The van der Waals surface area contributed by atoms with Crippen molar-refractivity contribution in [1.29, 1.82) is 0 Å². The maximum atomic E-state index is 11.6. The molecule has 4 rings (SSSR count). The quantitative estimate of drug-likeness (QED) is 0.629. The van der Waals surface area contributed by atoms with Gasteiger partial charge in [-0.25, -0.2) is 0 Å². The zero-order valence-electron chi connectivity index (χ0n) is 15.3. The summed E-state index contributed by atoms with van der Waals surface area (Å²) in [5.41, 5.74) is 4.01. The third kappa shape index (κ3) is 3.67. The number of rotatable bonds is 7. The monoisotopic (exact) mass is 362 g/mol.